The molecule has 2 rings (SSSR count). The Balaban J connectivity index is 2.48. The Morgan fingerprint density at radius 1 is 1.47 bits per heavy atom. The van der Waals surface area contributed by atoms with Crippen LogP contribution in [0, 0.1) is 0 Å². The minimum absolute atomic E-state index is 0.494. The van der Waals surface area contributed by atoms with Crippen LogP contribution >= 0.6 is 0 Å². The molecule has 0 saturated heterocycles. The molecule has 0 fully saturated rings. The first kappa shape index (κ1) is 9.64. The molecule has 15 heavy (non-hydrogen) atoms. The van der Waals surface area contributed by atoms with E-state index in [1.54, 1.807) is 16.9 Å². The van der Waals surface area contributed by atoms with Gasteiger partial charge in [-0.3, -0.25) is 0 Å². The molecule has 0 atom stereocenters. The van der Waals surface area contributed by atoms with Gasteiger partial charge < -0.3 is 5.73 Å². The second-order valence-corrected chi connectivity index (χ2v) is 3.30. The fourth-order valence-electron chi connectivity index (χ4n) is 1.43. The van der Waals surface area contributed by atoms with E-state index in [0.29, 0.717) is 5.82 Å². The molecule has 2 heterocycles. The van der Waals surface area contributed by atoms with E-state index in [0.717, 1.165) is 23.6 Å². The lowest BCUT2D eigenvalue weighted by Gasteiger charge is -1.99. The Kier molecular flexibility index (Phi) is 2.37. The van der Waals surface area contributed by atoms with Crippen LogP contribution in [0.5, 0.6) is 0 Å². The molecule has 0 bridgehead atoms. The zero-order valence-corrected chi connectivity index (χ0v) is 8.81. The van der Waals surface area contributed by atoms with E-state index >= 15 is 0 Å². The maximum atomic E-state index is 5.62. The lowest BCUT2D eigenvalue weighted by atomic mass is 10.2. The molecule has 0 radical (unpaired) electrons. The number of aromatic nitrogens is 4. The first-order chi connectivity index (χ1) is 7.20. The molecule has 2 N–H and O–H groups in total. The first-order valence-electron chi connectivity index (χ1n) is 4.82. The number of hydrogen-bond acceptors (Lipinski definition) is 4. The van der Waals surface area contributed by atoms with Crippen LogP contribution in [0.4, 0.5) is 5.82 Å². The lowest BCUT2D eigenvalue weighted by molar-refractivity contribution is 0.752. The minimum atomic E-state index is 0.494. The van der Waals surface area contributed by atoms with Crippen molar-refractivity contribution in [1.29, 1.82) is 0 Å². The van der Waals surface area contributed by atoms with Gasteiger partial charge in [0.2, 0.25) is 0 Å². The van der Waals surface area contributed by atoms with Gasteiger partial charge in [0, 0.05) is 25.2 Å². The molecule has 0 aliphatic rings. The highest BCUT2D eigenvalue weighted by atomic mass is 15.3. The van der Waals surface area contributed by atoms with Crippen LogP contribution in [-0.2, 0) is 13.5 Å². The highest BCUT2D eigenvalue weighted by molar-refractivity contribution is 5.58. The van der Waals surface area contributed by atoms with Crippen molar-refractivity contribution in [2.24, 2.45) is 7.05 Å². The smallest absolute Gasteiger partial charge is 0.158 e. The summed E-state index contributed by atoms with van der Waals surface area (Å²) >= 11 is 0. The molecule has 0 unspecified atom stereocenters. The molecule has 0 spiro atoms. The molecule has 78 valence electrons. The zero-order valence-electron chi connectivity index (χ0n) is 8.81. The monoisotopic (exact) mass is 203 g/mol. The summed E-state index contributed by atoms with van der Waals surface area (Å²) in [6.45, 7) is 2.03. The number of anilines is 1. The average Bonchev–Trinajstić information content (AvgIpc) is 2.60. The number of nitrogens with two attached hydrogens (primary N) is 1. The summed E-state index contributed by atoms with van der Waals surface area (Å²) in [6, 6.07) is 3.67. The predicted octanol–water partition coefficient (Wildman–Crippen LogP) is 1.02. The highest BCUT2D eigenvalue weighted by Crippen LogP contribution is 2.17. The van der Waals surface area contributed by atoms with Crippen molar-refractivity contribution in [3.05, 3.63) is 24.2 Å². The Hall–Kier alpha value is -1.91. The molecule has 2 aromatic rings. The van der Waals surface area contributed by atoms with Crippen LogP contribution in [0.1, 0.15) is 12.7 Å². The van der Waals surface area contributed by atoms with Gasteiger partial charge in [0.05, 0.1) is 0 Å². The number of nitrogen functional groups attached to an aromatic ring is 1. The Morgan fingerprint density at radius 2 is 2.27 bits per heavy atom. The van der Waals surface area contributed by atoms with Gasteiger partial charge in [0.1, 0.15) is 5.82 Å². The van der Waals surface area contributed by atoms with Gasteiger partial charge in [-0.05, 0) is 12.1 Å². The van der Waals surface area contributed by atoms with E-state index in [2.05, 4.69) is 15.1 Å². The SMILES string of the molecule is CCc1nc(-c2ccnc(N)c2)n(C)n1. The van der Waals surface area contributed by atoms with E-state index in [9.17, 15) is 0 Å². The van der Waals surface area contributed by atoms with Crippen LogP contribution in [-0.4, -0.2) is 19.7 Å². The molecular weight excluding hydrogens is 190 g/mol. The summed E-state index contributed by atoms with van der Waals surface area (Å²) in [5, 5.41) is 4.28. The maximum absolute atomic E-state index is 5.62. The van der Waals surface area contributed by atoms with Crippen molar-refractivity contribution in [2.45, 2.75) is 13.3 Å². The minimum Gasteiger partial charge on any atom is -0.384 e. The van der Waals surface area contributed by atoms with Crippen LogP contribution in [0.25, 0.3) is 11.4 Å². The zero-order chi connectivity index (χ0) is 10.8. The van der Waals surface area contributed by atoms with Crippen molar-refractivity contribution < 1.29 is 0 Å². The summed E-state index contributed by atoms with van der Waals surface area (Å²) in [5.41, 5.74) is 6.56. The van der Waals surface area contributed by atoms with Gasteiger partial charge in [-0.1, -0.05) is 6.92 Å². The van der Waals surface area contributed by atoms with Gasteiger partial charge in [-0.25, -0.2) is 14.6 Å². The van der Waals surface area contributed by atoms with Gasteiger partial charge in [0.25, 0.3) is 0 Å². The van der Waals surface area contributed by atoms with Gasteiger partial charge >= 0.3 is 0 Å². The number of hydrogen-bond donors (Lipinski definition) is 1. The number of pyridine rings is 1. The summed E-state index contributed by atoms with van der Waals surface area (Å²) < 4.78 is 1.76. The number of aryl methyl sites for hydroxylation is 2. The third kappa shape index (κ3) is 1.81. The second-order valence-electron chi connectivity index (χ2n) is 3.30. The predicted molar refractivity (Wildman–Crippen MR) is 58.0 cm³/mol. The third-order valence-corrected chi connectivity index (χ3v) is 2.16. The summed E-state index contributed by atoms with van der Waals surface area (Å²) in [4.78, 5) is 8.35. The maximum Gasteiger partial charge on any atom is 0.158 e. The highest BCUT2D eigenvalue weighted by Gasteiger charge is 2.08. The second kappa shape index (κ2) is 3.68. The van der Waals surface area contributed by atoms with Crippen LogP contribution in [0.3, 0.4) is 0 Å². The van der Waals surface area contributed by atoms with E-state index in [1.807, 2.05) is 20.0 Å². The first-order valence-corrected chi connectivity index (χ1v) is 4.82. The molecule has 0 saturated carbocycles. The summed E-state index contributed by atoms with van der Waals surface area (Å²) in [6.07, 6.45) is 2.50. The van der Waals surface area contributed by atoms with Gasteiger partial charge in [0.15, 0.2) is 11.6 Å². The Bertz CT molecular complexity index is 474. The van der Waals surface area contributed by atoms with Crippen molar-refractivity contribution in [2.75, 3.05) is 5.73 Å². The molecule has 0 aliphatic heterocycles. The molecule has 0 aliphatic carbocycles. The largest absolute Gasteiger partial charge is 0.384 e. The molecule has 5 nitrogen and oxygen atoms in total. The quantitative estimate of drug-likeness (QED) is 0.791. The van der Waals surface area contributed by atoms with Crippen molar-refractivity contribution >= 4 is 5.82 Å². The molecule has 0 amide bonds. The molecule has 5 heteroatoms. The van der Waals surface area contributed by atoms with Crippen LogP contribution in [0.15, 0.2) is 18.3 Å². The average molecular weight is 203 g/mol. The third-order valence-electron chi connectivity index (χ3n) is 2.16. The van der Waals surface area contributed by atoms with E-state index in [4.69, 9.17) is 5.73 Å². The summed E-state index contributed by atoms with van der Waals surface area (Å²) in [5.74, 6) is 2.15. The molecule has 0 aromatic carbocycles. The lowest BCUT2D eigenvalue weighted by Crippen LogP contribution is -1.96. The van der Waals surface area contributed by atoms with Crippen molar-refractivity contribution in [1.82, 2.24) is 19.7 Å². The van der Waals surface area contributed by atoms with Gasteiger partial charge in [-0.15, -0.1) is 0 Å². The number of nitrogens with zero attached hydrogens (tertiary/aromatic N) is 4. The fourth-order valence-corrected chi connectivity index (χ4v) is 1.43. The molecular formula is C10H13N5. The Labute approximate surface area is 88.0 Å². The molecule has 2 aromatic heterocycles. The fraction of sp³-hybridized carbons (Fsp3) is 0.300. The topological polar surface area (TPSA) is 69.6 Å². The van der Waals surface area contributed by atoms with Gasteiger partial charge in [-0.2, -0.15) is 5.10 Å². The Morgan fingerprint density at radius 3 is 2.87 bits per heavy atom. The standard InChI is InChI=1S/C10H13N5/c1-3-9-13-10(15(2)14-9)7-4-5-12-8(11)6-7/h4-6H,3H2,1-2H3,(H2,11,12). The van der Waals surface area contributed by atoms with Crippen LogP contribution < -0.4 is 5.73 Å². The van der Waals surface area contributed by atoms with Crippen LogP contribution in [0.2, 0.25) is 0 Å². The van der Waals surface area contributed by atoms with Crippen molar-refractivity contribution in [3.8, 4) is 11.4 Å². The normalized spacial score (nSPS) is 10.5. The number of rotatable bonds is 2. The van der Waals surface area contributed by atoms with E-state index in [1.165, 1.54) is 0 Å². The van der Waals surface area contributed by atoms with Crippen molar-refractivity contribution in [3.63, 3.8) is 0 Å². The summed E-state index contributed by atoms with van der Waals surface area (Å²) in [7, 11) is 1.87. The van der Waals surface area contributed by atoms with E-state index in [-0.39, 0.29) is 0 Å². The van der Waals surface area contributed by atoms with E-state index < -0.39 is 0 Å².